The van der Waals surface area contributed by atoms with Crippen molar-refractivity contribution in [3.05, 3.63) is 0 Å². The standard InChI is InChI=1S/C24H48O4/c1-5-6-7-8-9-10-11-12-13-14-15-16-17-18-19-26-20-21-27-22-23(25)28-24(2,3)4/h5-22H2,1-4H3. The summed E-state index contributed by atoms with van der Waals surface area (Å²) in [4.78, 5) is 11.5. The Morgan fingerprint density at radius 3 is 1.50 bits per heavy atom. The van der Waals surface area contributed by atoms with Gasteiger partial charge in [0.25, 0.3) is 0 Å². The molecule has 0 saturated heterocycles. The van der Waals surface area contributed by atoms with E-state index in [-0.39, 0.29) is 12.6 Å². The summed E-state index contributed by atoms with van der Waals surface area (Å²) in [5, 5.41) is 0. The van der Waals surface area contributed by atoms with Gasteiger partial charge in [-0.05, 0) is 27.2 Å². The van der Waals surface area contributed by atoms with E-state index in [2.05, 4.69) is 6.92 Å². The van der Waals surface area contributed by atoms with Crippen LogP contribution in [-0.2, 0) is 19.0 Å². The Balaban J connectivity index is 3.11. The zero-order valence-electron chi connectivity index (χ0n) is 19.4. The second-order valence-corrected chi connectivity index (χ2v) is 8.85. The quantitative estimate of drug-likeness (QED) is 0.166. The highest BCUT2D eigenvalue weighted by Gasteiger charge is 2.15. The van der Waals surface area contributed by atoms with E-state index in [0.29, 0.717) is 13.2 Å². The SMILES string of the molecule is CCCCCCCCCCCCCCCCOCCOCC(=O)OC(C)(C)C. The molecule has 0 radical (unpaired) electrons. The molecule has 0 aromatic heterocycles. The Bertz CT molecular complexity index is 336. The fraction of sp³-hybridized carbons (Fsp3) is 0.958. The third-order valence-electron chi connectivity index (χ3n) is 4.65. The van der Waals surface area contributed by atoms with Gasteiger partial charge >= 0.3 is 5.97 Å². The highest BCUT2D eigenvalue weighted by Crippen LogP contribution is 2.13. The van der Waals surface area contributed by atoms with E-state index in [1.165, 1.54) is 83.5 Å². The number of hydrogen-bond acceptors (Lipinski definition) is 4. The van der Waals surface area contributed by atoms with Gasteiger partial charge in [-0.25, -0.2) is 4.79 Å². The molecule has 0 bridgehead atoms. The lowest BCUT2D eigenvalue weighted by molar-refractivity contribution is -0.160. The summed E-state index contributed by atoms with van der Waals surface area (Å²) >= 11 is 0. The van der Waals surface area contributed by atoms with Crippen LogP contribution in [0.2, 0.25) is 0 Å². The van der Waals surface area contributed by atoms with Crippen molar-refractivity contribution in [3.63, 3.8) is 0 Å². The van der Waals surface area contributed by atoms with Crippen LogP contribution in [0, 0.1) is 0 Å². The van der Waals surface area contributed by atoms with Crippen molar-refractivity contribution in [1.29, 1.82) is 0 Å². The van der Waals surface area contributed by atoms with Crippen LogP contribution in [0.3, 0.4) is 0 Å². The van der Waals surface area contributed by atoms with Gasteiger partial charge in [-0.15, -0.1) is 0 Å². The number of carbonyl (C=O) groups excluding carboxylic acids is 1. The van der Waals surface area contributed by atoms with Gasteiger partial charge in [0.05, 0.1) is 13.2 Å². The van der Waals surface area contributed by atoms with Gasteiger partial charge in [0.1, 0.15) is 12.2 Å². The fourth-order valence-corrected chi connectivity index (χ4v) is 3.15. The van der Waals surface area contributed by atoms with Gasteiger partial charge in [-0.1, -0.05) is 90.4 Å². The topological polar surface area (TPSA) is 44.8 Å². The van der Waals surface area contributed by atoms with Gasteiger partial charge in [-0.3, -0.25) is 0 Å². The average molecular weight is 401 g/mol. The molecule has 168 valence electrons. The van der Waals surface area contributed by atoms with Crippen LogP contribution < -0.4 is 0 Å². The highest BCUT2D eigenvalue weighted by atomic mass is 16.6. The molecular weight excluding hydrogens is 352 g/mol. The molecule has 28 heavy (non-hydrogen) atoms. The van der Waals surface area contributed by atoms with E-state index in [9.17, 15) is 4.79 Å². The van der Waals surface area contributed by atoms with E-state index in [0.717, 1.165) is 13.0 Å². The van der Waals surface area contributed by atoms with Crippen LogP contribution in [0.4, 0.5) is 0 Å². The molecule has 0 N–H and O–H groups in total. The summed E-state index contributed by atoms with van der Waals surface area (Å²) in [6, 6.07) is 0. The molecule has 0 aromatic carbocycles. The lowest BCUT2D eigenvalue weighted by Gasteiger charge is -2.19. The molecule has 0 heterocycles. The minimum Gasteiger partial charge on any atom is -0.458 e. The van der Waals surface area contributed by atoms with E-state index >= 15 is 0 Å². The normalized spacial score (nSPS) is 11.7. The molecule has 0 fully saturated rings. The van der Waals surface area contributed by atoms with E-state index in [4.69, 9.17) is 14.2 Å². The molecule has 4 nitrogen and oxygen atoms in total. The van der Waals surface area contributed by atoms with Crippen molar-refractivity contribution >= 4 is 5.97 Å². The number of esters is 1. The Morgan fingerprint density at radius 1 is 0.607 bits per heavy atom. The fourth-order valence-electron chi connectivity index (χ4n) is 3.15. The van der Waals surface area contributed by atoms with Crippen molar-refractivity contribution in [1.82, 2.24) is 0 Å². The first kappa shape index (κ1) is 27.4. The third kappa shape index (κ3) is 23.4. The van der Waals surface area contributed by atoms with Gasteiger partial charge < -0.3 is 14.2 Å². The lowest BCUT2D eigenvalue weighted by atomic mass is 10.0. The Hall–Kier alpha value is -0.610. The molecule has 0 spiro atoms. The Labute approximate surface area is 175 Å². The summed E-state index contributed by atoms with van der Waals surface area (Å²) < 4.78 is 16.0. The predicted molar refractivity (Wildman–Crippen MR) is 118 cm³/mol. The minimum absolute atomic E-state index is 0.000509. The Morgan fingerprint density at radius 2 is 1.04 bits per heavy atom. The van der Waals surface area contributed by atoms with Crippen molar-refractivity contribution in [2.75, 3.05) is 26.4 Å². The predicted octanol–water partition coefficient (Wildman–Crippen LogP) is 6.84. The maximum atomic E-state index is 11.5. The van der Waals surface area contributed by atoms with E-state index < -0.39 is 5.60 Å². The summed E-state index contributed by atoms with van der Waals surface area (Å²) in [6.45, 7) is 9.60. The first-order valence-electron chi connectivity index (χ1n) is 11.8. The van der Waals surface area contributed by atoms with Gasteiger partial charge in [0, 0.05) is 6.61 Å². The summed E-state index contributed by atoms with van der Waals surface area (Å²) in [6.07, 6.45) is 19.2. The molecule has 0 aromatic rings. The lowest BCUT2D eigenvalue weighted by Crippen LogP contribution is -2.27. The van der Waals surface area contributed by atoms with Gasteiger partial charge in [0.2, 0.25) is 0 Å². The van der Waals surface area contributed by atoms with E-state index in [1.807, 2.05) is 20.8 Å². The smallest absolute Gasteiger partial charge is 0.332 e. The largest absolute Gasteiger partial charge is 0.458 e. The van der Waals surface area contributed by atoms with Crippen molar-refractivity contribution in [2.45, 2.75) is 123 Å². The van der Waals surface area contributed by atoms with Crippen LogP contribution >= 0.6 is 0 Å². The molecular formula is C24H48O4. The van der Waals surface area contributed by atoms with Crippen molar-refractivity contribution in [3.8, 4) is 0 Å². The van der Waals surface area contributed by atoms with Crippen LogP contribution in [0.5, 0.6) is 0 Å². The summed E-state index contributed by atoms with van der Waals surface area (Å²) in [5.74, 6) is -0.320. The number of unbranched alkanes of at least 4 members (excludes halogenated alkanes) is 13. The van der Waals surface area contributed by atoms with Crippen molar-refractivity contribution < 1.29 is 19.0 Å². The maximum Gasteiger partial charge on any atom is 0.332 e. The van der Waals surface area contributed by atoms with Crippen LogP contribution in [0.1, 0.15) is 118 Å². The van der Waals surface area contributed by atoms with Crippen molar-refractivity contribution in [2.24, 2.45) is 0 Å². The summed E-state index contributed by atoms with van der Waals surface area (Å²) in [7, 11) is 0. The second kappa shape index (κ2) is 19.7. The monoisotopic (exact) mass is 400 g/mol. The molecule has 0 aliphatic heterocycles. The van der Waals surface area contributed by atoms with Crippen LogP contribution in [0.25, 0.3) is 0 Å². The number of ether oxygens (including phenoxy) is 3. The maximum absolute atomic E-state index is 11.5. The van der Waals surface area contributed by atoms with Gasteiger partial charge in [-0.2, -0.15) is 0 Å². The van der Waals surface area contributed by atoms with Gasteiger partial charge in [0.15, 0.2) is 0 Å². The number of rotatable bonds is 20. The molecule has 4 heteroatoms. The second-order valence-electron chi connectivity index (χ2n) is 8.85. The molecule has 0 rings (SSSR count). The average Bonchev–Trinajstić information content (AvgIpc) is 2.62. The third-order valence-corrected chi connectivity index (χ3v) is 4.65. The number of hydrogen-bond donors (Lipinski definition) is 0. The zero-order chi connectivity index (χ0) is 20.9. The molecule has 0 aliphatic carbocycles. The number of carbonyl (C=O) groups is 1. The highest BCUT2D eigenvalue weighted by molar-refractivity contribution is 5.71. The van der Waals surface area contributed by atoms with E-state index in [1.54, 1.807) is 0 Å². The molecule has 0 atom stereocenters. The Kier molecular flexibility index (Phi) is 19.3. The molecule has 0 unspecified atom stereocenters. The zero-order valence-corrected chi connectivity index (χ0v) is 19.4. The molecule has 0 aliphatic rings. The minimum atomic E-state index is -0.454. The summed E-state index contributed by atoms with van der Waals surface area (Å²) in [5.41, 5.74) is -0.454. The first-order chi connectivity index (χ1) is 13.5. The molecule has 0 saturated carbocycles. The van der Waals surface area contributed by atoms with Crippen LogP contribution in [-0.4, -0.2) is 38.0 Å². The molecule has 0 amide bonds. The first-order valence-corrected chi connectivity index (χ1v) is 11.8. The van der Waals surface area contributed by atoms with Crippen LogP contribution in [0.15, 0.2) is 0 Å².